The average Bonchev–Trinajstić information content (AvgIpc) is 2.28. The minimum absolute atomic E-state index is 0.0677. The number of rotatable bonds is 8. The highest BCUT2D eigenvalue weighted by Crippen LogP contribution is 2.25. The van der Waals surface area contributed by atoms with Crippen LogP contribution in [0, 0.1) is 5.41 Å². The monoisotopic (exact) mass is 247 g/mol. The van der Waals surface area contributed by atoms with Crippen LogP contribution in [0.25, 0.3) is 0 Å². The highest BCUT2D eigenvalue weighted by atomic mass is 32.2. The van der Waals surface area contributed by atoms with E-state index in [9.17, 15) is 9.59 Å². The molecule has 0 aliphatic rings. The molecule has 0 aromatic rings. The molecule has 0 heterocycles. The zero-order valence-corrected chi connectivity index (χ0v) is 11.0. The molecule has 1 amide bonds. The maximum atomic E-state index is 11.4. The van der Waals surface area contributed by atoms with E-state index in [2.05, 4.69) is 5.32 Å². The van der Waals surface area contributed by atoms with Crippen LogP contribution < -0.4 is 5.32 Å². The predicted molar refractivity (Wildman–Crippen MR) is 66.7 cm³/mol. The number of nitrogens with one attached hydrogen (secondary N) is 1. The maximum absolute atomic E-state index is 11.4. The minimum Gasteiger partial charge on any atom is -0.481 e. The van der Waals surface area contributed by atoms with E-state index >= 15 is 0 Å². The summed E-state index contributed by atoms with van der Waals surface area (Å²) in [5.41, 5.74) is -0.810. The first kappa shape index (κ1) is 15.3. The van der Waals surface area contributed by atoms with E-state index in [0.29, 0.717) is 19.3 Å². The van der Waals surface area contributed by atoms with Crippen molar-refractivity contribution in [2.45, 2.75) is 33.1 Å². The fourth-order valence-electron chi connectivity index (χ4n) is 1.43. The van der Waals surface area contributed by atoms with Gasteiger partial charge in [-0.15, -0.1) is 0 Å². The number of hydrogen-bond acceptors (Lipinski definition) is 3. The molecular weight excluding hydrogens is 226 g/mol. The first-order chi connectivity index (χ1) is 7.52. The Kier molecular flexibility index (Phi) is 7.21. The van der Waals surface area contributed by atoms with Crippen LogP contribution in [0.3, 0.4) is 0 Å². The third-order valence-corrected chi connectivity index (χ3v) is 3.58. The number of carbonyl (C=O) groups excluding carboxylic acids is 1. The van der Waals surface area contributed by atoms with Gasteiger partial charge in [0.15, 0.2) is 0 Å². The first-order valence-corrected chi connectivity index (χ1v) is 6.90. The molecule has 0 aliphatic carbocycles. The van der Waals surface area contributed by atoms with Crippen LogP contribution in [-0.2, 0) is 9.59 Å². The Morgan fingerprint density at radius 3 is 2.25 bits per heavy atom. The van der Waals surface area contributed by atoms with Gasteiger partial charge in [-0.05, 0) is 19.1 Å². The van der Waals surface area contributed by atoms with Crippen molar-refractivity contribution in [3.05, 3.63) is 0 Å². The number of thioether (sulfide) groups is 1. The smallest absolute Gasteiger partial charge is 0.311 e. The van der Waals surface area contributed by atoms with Crippen molar-refractivity contribution in [1.29, 1.82) is 0 Å². The summed E-state index contributed by atoms with van der Waals surface area (Å²) in [7, 11) is 0. The Morgan fingerprint density at radius 2 is 1.88 bits per heavy atom. The zero-order chi connectivity index (χ0) is 12.6. The number of aliphatic carboxylic acids is 1. The van der Waals surface area contributed by atoms with Gasteiger partial charge < -0.3 is 10.4 Å². The lowest BCUT2D eigenvalue weighted by Gasteiger charge is -2.26. The summed E-state index contributed by atoms with van der Waals surface area (Å²) in [6, 6.07) is 0. The second-order valence-corrected chi connectivity index (χ2v) is 4.80. The van der Waals surface area contributed by atoms with Crippen LogP contribution in [0.4, 0.5) is 0 Å². The molecule has 0 aromatic heterocycles. The van der Waals surface area contributed by atoms with Gasteiger partial charge in [-0.2, -0.15) is 11.8 Å². The first-order valence-electron chi connectivity index (χ1n) is 5.51. The van der Waals surface area contributed by atoms with Gasteiger partial charge in [0, 0.05) is 18.7 Å². The van der Waals surface area contributed by atoms with Crippen molar-refractivity contribution in [1.82, 2.24) is 5.32 Å². The van der Waals surface area contributed by atoms with Gasteiger partial charge in [0.2, 0.25) is 5.91 Å². The van der Waals surface area contributed by atoms with E-state index in [4.69, 9.17) is 5.11 Å². The summed E-state index contributed by atoms with van der Waals surface area (Å²) in [6.45, 7) is 3.90. The zero-order valence-electron chi connectivity index (χ0n) is 10.2. The van der Waals surface area contributed by atoms with Crippen LogP contribution in [0.15, 0.2) is 0 Å². The largest absolute Gasteiger partial charge is 0.481 e. The van der Waals surface area contributed by atoms with Gasteiger partial charge in [-0.1, -0.05) is 13.8 Å². The van der Waals surface area contributed by atoms with Gasteiger partial charge in [-0.3, -0.25) is 9.59 Å². The fourth-order valence-corrected chi connectivity index (χ4v) is 1.82. The second kappa shape index (κ2) is 7.54. The summed E-state index contributed by atoms with van der Waals surface area (Å²) in [5, 5.41) is 11.9. The molecule has 0 saturated carbocycles. The number of hydrogen-bond donors (Lipinski definition) is 2. The maximum Gasteiger partial charge on any atom is 0.311 e. The quantitative estimate of drug-likeness (QED) is 0.685. The van der Waals surface area contributed by atoms with Gasteiger partial charge in [0.25, 0.3) is 0 Å². The molecule has 0 bridgehead atoms. The third-order valence-electron chi connectivity index (χ3n) is 2.96. The lowest BCUT2D eigenvalue weighted by Crippen LogP contribution is -2.42. The average molecular weight is 247 g/mol. The number of carboxylic acids is 1. The molecule has 16 heavy (non-hydrogen) atoms. The van der Waals surface area contributed by atoms with Crippen molar-refractivity contribution in [2.75, 3.05) is 18.6 Å². The third kappa shape index (κ3) is 4.43. The molecule has 5 heteroatoms. The van der Waals surface area contributed by atoms with E-state index in [1.165, 1.54) is 0 Å². The SMILES string of the molecule is CCC(CC)(CNC(=O)CCSC)C(=O)O. The van der Waals surface area contributed by atoms with Crippen molar-refractivity contribution >= 4 is 23.6 Å². The van der Waals surface area contributed by atoms with Gasteiger partial charge >= 0.3 is 5.97 Å². The molecule has 0 radical (unpaired) electrons. The van der Waals surface area contributed by atoms with Gasteiger partial charge in [-0.25, -0.2) is 0 Å². The number of amides is 1. The van der Waals surface area contributed by atoms with Crippen molar-refractivity contribution in [3.63, 3.8) is 0 Å². The molecular formula is C11H21NO3S. The molecule has 94 valence electrons. The summed E-state index contributed by atoms with van der Waals surface area (Å²) < 4.78 is 0. The van der Waals surface area contributed by atoms with Crippen LogP contribution in [-0.4, -0.2) is 35.5 Å². The van der Waals surface area contributed by atoms with Crippen LogP contribution in [0.2, 0.25) is 0 Å². The molecule has 0 rings (SSSR count). The van der Waals surface area contributed by atoms with E-state index in [-0.39, 0.29) is 12.5 Å². The Bertz CT molecular complexity index is 239. The molecule has 0 aromatic carbocycles. The Balaban J connectivity index is 4.22. The molecule has 0 saturated heterocycles. The summed E-state index contributed by atoms with van der Waals surface area (Å²) in [6.07, 6.45) is 3.44. The molecule has 0 atom stereocenters. The van der Waals surface area contributed by atoms with Gasteiger partial charge in [0.1, 0.15) is 0 Å². The van der Waals surface area contributed by atoms with Crippen LogP contribution in [0.1, 0.15) is 33.1 Å². The highest BCUT2D eigenvalue weighted by Gasteiger charge is 2.34. The topological polar surface area (TPSA) is 66.4 Å². The lowest BCUT2D eigenvalue weighted by molar-refractivity contribution is -0.149. The van der Waals surface area contributed by atoms with E-state index in [1.807, 2.05) is 20.1 Å². The molecule has 0 spiro atoms. The van der Waals surface area contributed by atoms with Gasteiger partial charge in [0.05, 0.1) is 5.41 Å². The van der Waals surface area contributed by atoms with Crippen molar-refractivity contribution in [3.8, 4) is 0 Å². The molecule has 2 N–H and O–H groups in total. The molecule has 4 nitrogen and oxygen atoms in total. The van der Waals surface area contributed by atoms with E-state index in [0.717, 1.165) is 5.75 Å². The Hall–Kier alpha value is -0.710. The minimum atomic E-state index is -0.831. The van der Waals surface area contributed by atoms with Crippen LogP contribution >= 0.6 is 11.8 Å². The summed E-state index contributed by atoms with van der Waals surface area (Å²) in [5.74, 6) is -0.131. The lowest BCUT2D eigenvalue weighted by atomic mass is 9.82. The van der Waals surface area contributed by atoms with Crippen molar-refractivity contribution < 1.29 is 14.7 Å². The molecule has 0 fully saturated rings. The molecule has 0 aliphatic heterocycles. The predicted octanol–water partition coefficient (Wildman–Crippen LogP) is 1.75. The Labute approximate surface area is 101 Å². The fraction of sp³-hybridized carbons (Fsp3) is 0.818. The van der Waals surface area contributed by atoms with Crippen LogP contribution in [0.5, 0.6) is 0 Å². The van der Waals surface area contributed by atoms with E-state index in [1.54, 1.807) is 11.8 Å². The summed E-state index contributed by atoms with van der Waals surface area (Å²) in [4.78, 5) is 22.5. The van der Waals surface area contributed by atoms with Crippen molar-refractivity contribution in [2.24, 2.45) is 5.41 Å². The number of carbonyl (C=O) groups is 2. The Morgan fingerprint density at radius 1 is 1.31 bits per heavy atom. The summed E-state index contributed by atoms with van der Waals surface area (Å²) >= 11 is 1.60. The normalized spacial score (nSPS) is 11.2. The molecule has 0 unspecified atom stereocenters. The standard InChI is InChI=1S/C11H21NO3S/c1-4-11(5-2,10(14)15)8-12-9(13)6-7-16-3/h4-8H2,1-3H3,(H,12,13)(H,14,15). The van der Waals surface area contributed by atoms with E-state index < -0.39 is 11.4 Å². The highest BCUT2D eigenvalue weighted by molar-refractivity contribution is 7.98. The number of carboxylic acid groups (broad SMARTS) is 1. The second-order valence-electron chi connectivity index (χ2n) is 3.81.